The Morgan fingerprint density at radius 1 is 1.11 bits per heavy atom. The predicted octanol–water partition coefficient (Wildman–Crippen LogP) is 3.88. The molecule has 0 aliphatic carbocycles. The van der Waals surface area contributed by atoms with Gasteiger partial charge in [-0.05, 0) is 30.7 Å². The number of carbonyl (C=O) groups is 1. The molecule has 0 spiro atoms. The lowest BCUT2D eigenvalue weighted by Gasteiger charge is -2.22. The van der Waals surface area contributed by atoms with E-state index in [9.17, 15) is 4.79 Å². The Balaban J connectivity index is 2.11. The van der Waals surface area contributed by atoms with E-state index in [1.807, 2.05) is 61.5 Å². The van der Waals surface area contributed by atoms with Crippen molar-refractivity contribution >= 4 is 11.6 Å². The highest BCUT2D eigenvalue weighted by Crippen LogP contribution is 2.37. The number of amides is 1. The summed E-state index contributed by atoms with van der Waals surface area (Å²) in [5.41, 5.74) is 3.90. The van der Waals surface area contributed by atoms with Gasteiger partial charge in [0.15, 0.2) is 0 Å². The summed E-state index contributed by atoms with van der Waals surface area (Å²) in [4.78, 5) is 14.3. The SMILES string of the molecule is C=CC1c2ccccc2C(=O)N1c1ccc(C)cc1. The third kappa shape index (κ3) is 1.76. The maximum atomic E-state index is 12.5. The van der Waals surface area contributed by atoms with E-state index in [2.05, 4.69) is 6.58 Å². The standard InChI is InChI=1S/C17H15NO/c1-3-16-14-6-4-5-7-15(14)17(19)18(16)13-10-8-12(2)9-11-13/h3-11,16H,1H2,2H3. The molecule has 0 bridgehead atoms. The van der Waals surface area contributed by atoms with Gasteiger partial charge >= 0.3 is 0 Å². The fourth-order valence-electron chi connectivity index (χ4n) is 2.56. The molecular formula is C17H15NO. The number of hydrogen-bond donors (Lipinski definition) is 0. The van der Waals surface area contributed by atoms with Gasteiger partial charge in [-0.2, -0.15) is 0 Å². The normalized spacial score (nSPS) is 17.4. The van der Waals surface area contributed by atoms with Gasteiger partial charge in [-0.15, -0.1) is 6.58 Å². The van der Waals surface area contributed by atoms with E-state index < -0.39 is 0 Å². The Bertz CT molecular complexity index is 643. The van der Waals surface area contributed by atoms with Crippen LogP contribution in [0.25, 0.3) is 0 Å². The number of benzene rings is 2. The van der Waals surface area contributed by atoms with Gasteiger partial charge in [0, 0.05) is 11.3 Å². The molecule has 0 saturated heterocycles. The largest absolute Gasteiger partial charge is 0.297 e. The highest BCUT2D eigenvalue weighted by Gasteiger charge is 2.35. The fourth-order valence-corrected chi connectivity index (χ4v) is 2.56. The summed E-state index contributed by atoms with van der Waals surface area (Å²) in [5.74, 6) is 0.0457. The van der Waals surface area contributed by atoms with Gasteiger partial charge < -0.3 is 0 Å². The Hall–Kier alpha value is -2.35. The lowest BCUT2D eigenvalue weighted by atomic mass is 10.0. The van der Waals surface area contributed by atoms with Gasteiger partial charge in [0.25, 0.3) is 5.91 Å². The summed E-state index contributed by atoms with van der Waals surface area (Å²) in [5, 5.41) is 0. The van der Waals surface area contributed by atoms with Crippen LogP contribution in [0.5, 0.6) is 0 Å². The molecule has 0 radical (unpaired) electrons. The molecule has 0 fully saturated rings. The van der Waals surface area contributed by atoms with E-state index in [0.717, 1.165) is 16.8 Å². The van der Waals surface area contributed by atoms with Gasteiger partial charge in [0.2, 0.25) is 0 Å². The Labute approximate surface area is 113 Å². The van der Waals surface area contributed by atoms with Crippen LogP contribution in [0.15, 0.2) is 61.2 Å². The lowest BCUT2D eigenvalue weighted by Crippen LogP contribution is -2.26. The van der Waals surface area contributed by atoms with E-state index >= 15 is 0 Å². The van der Waals surface area contributed by atoms with Crippen molar-refractivity contribution in [3.8, 4) is 0 Å². The third-order valence-electron chi connectivity index (χ3n) is 3.54. The van der Waals surface area contributed by atoms with Crippen molar-refractivity contribution in [3.63, 3.8) is 0 Å². The predicted molar refractivity (Wildman–Crippen MR) is 77.4 cm³/mol. The molecule has 0 aromatic heterocycles. The van der Waals surface area contributed by atoms with Crippen LogP contribution in [-0.2, 0) is 0 Å². The van der Waals surface area contributed by atoms with Crippen LogP contribution in [0.3, 0.4) is 0 Å². The maximum Gasteiger partial charge on any atom is 0.259 e. The van der Waals surface area contributed by atoms with Crippen LogP contribution in [0.1, 0.15) is 27.5 Å². The molecule has 0 saturated carbocycles. The molecule has 3 rings (SSSR count). The van der Waals surface area contributed by atoms with E-state index in [-0.39, 0.29) is 11.9 Å². The van der Waals surface area contributed by atoms with E-state index in [1.54, 1.807) is 4.90 Å². The molecule has 2 aromatic rings. The molecule has 2 heteroatoms. The molecule has 2 aromatic carbocycles. The van der Waals surface area contributed by atoms with Crippen molar-refractivity contribution in [2.75, 3.05) is 4.90 Å². The lowest BCUT2D eigenvalue weighted by molar-refractivity contribution is 0.0994. The number of aryl methyl sites for hydroxylation is 1. The first-order valence-electron chi connectivity index (χ1n) is 6.34. The Kier molecular flexibility index (Phi) is 2.71. The monoisotopic (exact) mass is 249 g/mol. The zero-order chi connectivity index (χ0) is 13.4. The van der Waals surface area contributed by atoms with Gasteiger partial charge in [-0.25, -0.2) is 0 Å². The second-order valence-electron chi connectivity index (χ2n) is 4.78. The molecule has 1 heterocycles. The van der Waals surface area contributed by atoms with E-state index in [0.29, 0.717) is 0 Å². The highest BCUT2D eigenvalue weighted by molar-refractivity contribution is 6.11. The summed E-state index contributed by atoms with van der Waals surface area (Å²) >= 11 is 0. The van der Waals surface area contributed by atoms with Crippen LogP contribution in [0.2, 0.25) is 0 Å². The molecule has 1 aliphatic rings. The third-order valence-corrected chi connectivity index (χ3v) is 3.54. The zero-order valence-corrected chi connectivity index (χ0v) is 10.8. The van der Waals surface area contributed by atoms with E-state index in [1.165, 1.54) is 5.56 Å². The van der Waals surface area contributed by atoms with Gasteiger partial charge in [0.05, 0.1) is 6.04 Å². The first-order valence-corrected chi connectivity index (χ1v) is 6.34. The van der Waals surface area contributed by atoms with Crippen LogP contribution < -0.4 is 4.90 Å². The number of anilines is 1. The van der Waals surface area contributed by atoms with Crippen LogP contribution in [0, 0.1) is 6.92 Å². The maximum absolute atomic E-state index is 12.5. The first kappa shape index (κ1) is 11.7. The molecule has 94 valence electrons. The summed E-state index contributed by atoms with van der Waals surface area (Å²) < 4.78 is 0. The molecule has 1 atom stereocenters. The first-order chi connectivity index (χ1) is 9.22. The molecule has 1 unspecified atom stereocenters. The second kappa shape index (κ2) is 4.39. The quantitative estimate of drug-likeness (QED) is 0.739. The molecular weight excluding hydrogens is 234 g/mol. The molecule has 0 N–H and O–H groups in total. The van der Waals surface area contributed by atoms with Gasteiger partial charge in [-0.1, -0.05) is 42.0 Å². The second-order valence-corrected chi connectivity index (χ2v) is 4.78. The summed E-state index contributed by atoms with van der Waals surface area (Å²) in [7, 11) is 0. The summed E-state index contributed by atoms with van der Waals surface area (Å²) in [6.45, 7) is 5.91. The van der Waals surface area contributed by atoms with Crippen molar-refractivity contribution in [2.24, 2.45) is 0 Å². The average molecular weight is 249 g/mol. The topological polar surface area (TPSA) is 20.3 Å². The molecule has 1 amide bonds. The van der Waals surface area contributed by atoms with Crippen molar-refractivity contribution in [1.29, 1.82) is 0 Å². The molecule has 19 heavy (non-hydrogen) atoms. The molecule has 2 nitrogen and oxygen atoms in total. The number of fused-ring (bicyclic) bond motifs is 1. The average Bonchev–Trinajstić information content (AvgIpc) is 2.73. The van der Waals surface area contributed by atoms with Gasteiger partial charge in [-0.3, -0.25) is 9.69 Å². The molecule has 1 aliphatic heterocycles. The van der Waals surface area contributed by atoms with E-state index in [4.69, 9.17) is 0 Å². The Morgan fingerprint density at radius 3 is 2.47 bits per heavy atom. The Morgan fingerprint density at radius 2 is 1.79 bits per heavy atom. The summed E-state index contributed by atoms with van der Waals surface area (Å²) in [6, 6.07) is 15.7. The van der Waals surface area contributed by atoms with Crippen molar-refractivity contribution in [1.82, 2.24) is 0 Å². The minimum Gasteiger partial charge on any atom is -0.297 e. The summed E-state index contributed by atoms with van der Waals surface area (Å²) in [6.07, 6.45) is 1.82. The highest BCUT2D eigenvalue weighted by atomic mass is 16.2. The van der Waals surface area contributed by atoms with Crippen molar-refractivity contribution in [3.05, 3.63) is 77.9 Å². The van der Waals surface area contributed by atoms with Crippen LogP contribution in [0.4, 0.5) is 5.69 Å². The number of hydrogen-bond acceptors (Lipinski definition) is 1. The minimum atomic E-state index is -0.0774. The minimum absolute atomic E-state index is 0.0457. The van der Waals surface area contributed by atoms with Crippen molar-refractivity contribution in [2.45, 2.75) is 13.0 Å². The number of carbonyl (C=O) groups excluding carboxylic acids is 1. The van der Waals surface area contributed by atoms with Crippen LogP contribution >= 0.6 is 0 Å². The van der Waals surface area contributed by atoms with Crippen LogP contribution in [-0.4, -0.2) is 5.91 Å². The number of nitrogens with zero attached hydrogens (tertiary/aromatic N) is 1. The van der Waals surface area contributed by atoms with Crippen molar-refractivity contribution < 1.29 is 4.79 Å². The zero-order valence-electron chi connectivity index (χ0n) is 10.8. The fraction of sp³-hybridized carbons (Fsp3) is 0.118. The number of rotatable bonds is 2. The van der Waals surface area contributed by atoms with Gasteiger partial charge in [0.1, 0.15) is 0 Å². The smallest absolute Gasteiger partial charge is 0.259 e.